The first-order valence-corrected chi connectivity index (χ1v) is 7.19. The lowest BCUT2D eigenvalue weighted by atomic mass is 10.1. The number of aliphatic hydroxyl groups excluding tert-OH is 1. The van der Waals surface area contributed by atoms with Crippen LogP contribution in [0.2, 0.25) is 0 Å². The van der Waals surface area contributed by atoms with Crippen LogP contribution in [-0.2, 0) is 0 Å². The number of ether oxygens (including phenoxy) is 1. The molecule has 1 aromatic heterocycles. The van der Waals surface area contributed by atoms with Crippen molar-refractivity contribution in [3.63, 3.8) is 0 Å². The maximum Gasteiger partial charge on any atom is 0.336 e. The molecule has 3 rings (SSSR count). The van der Waals surface area contributed by atoms with Crippen LogP contribution in [0.3, 0.4) is 0 Å². The lowest BCUT2D eigenvalue weighted by molar-refractivity contribution is 0.167. The molecule has 1 aliphatic heterocycles. The number of rotatable bonds is 4. The van der Waals surface area contributed by atoms with Gasteiger partial charge in [0.25, 0.3) is 0 Å². The van der Waals surface area contributed by atoms with Crippen molar-refractivity contribution < 1.29 is 14.3 Å². The fraction of sp³-hybridized carbons (Fsp3) is 0.438. The second kappa shape index (κ2) is 5.87. The molecule has 0 aliphatic carbocycles. The van der Waals surface area contributed by atoms with Gasteiger partial charge in [-0.25, -0.2) is 4.79 Å². The first-order valence-electron chi connectivity index (χ1n) is 7.19. The fourth-order valence-electron chi connectivity index (χ4n) is 2.70. The average Bonchev–Trinajstić information content (AvgIpc) is 2.84. The zero-order chi connectivity index (χ0) is 14.8. The third-order valence-electron chi connectivity index (χ3n) is 3.85. The second-order valence-corrected chi connectivity index (χ2v) is 5.50. The summed E-state index contributed by atoms with van der Waals surface area (Å²) < 4.78 is 10.9. The molecule has 0 saturated carbocycles. The quantitative estimate of drug-likeness (QED) is 0.865. The van der Waals surface area contributed by atoms with E-state index >= 15 is 0 Å². The number of fused-ring (bicyclic) bond motifs is 1. The van der Waals surface area contributed by atoms with Gasteiger partial charge in [0.2, 0.25) is 0 Å². The van der Waals surface area contributed by atoms with Gasteiger partial charge in [0.1, 0.15) is 17.9 Å². The Morgan fingerprint density at radius 1 is 1.43 bits per heavy atom. The van der Waals surface area contributed by atoms with E-state index in [9.17, 15) is 9.90 Å². The van der Waals surface area contributed by atoms with Crippen molar-refractivity contribution in [3.8, 4) is 5.75 Å². The zero-order valence-electron chi connectivity index (χ0n) is 12.0. The number of aliphatic hydroxyl groups is 1. The number of likely N-dealkylation sites (tertiary alicyclic amines) is 1. The number of β-amino-alcohol motifs (C(OH)–C–C–N with tert-alkyl or cyclic N) is 1. The summed E-state index contributed by atoms with van der Waals surface area (Å²) in [4.78, 5) is 13.6. The van der Waals surface area contributed by atoms with E-state index in [4.69, 9.17) is 9.15 Å². The number of hydrogen-bond donors (Lipinski definition) is 1. The van der Waals surface area contributed by atoms with Crippen molar-refractivity contribution in [1.29, 1.82) is 0 Å². The molecule has 1 aliphatic rings. The minimum absolute atomic E-state index is 0.206. The number of benzene rings is 1. The van der Waals surface area contributed by atoms with Crippen LogP contribution < -0.4 is 10.4 Å². The molecule has 1 saturated heterocycles. The normalized spacial score (nSPS) is 19.2. The molecule has 1 N–H and O–H groups in total. The minimum atomic E-state index is -0.344. The van der Waals surface area contributed by atoms with Crippen molar-refractivity contribution in [2.45, 2.75) is 19.4 Å². The molecular weight excluding hydrogens is 270 g/mol. The molecule has 0 bridgehead atoms. The van der Waals surface area contributed by atoms with E-state index in [1.807, 2.05) is 19.1 Å². The molecule has 1 fully saturated rings. The summed E-state index contributed by atoms with van der Waals surface area (Å²) in [7, 11) is 0. The predicted molar refractivity (Wildman–Crippen MR) is 79.8 cm³/mol. The van der Waals surface area contributed by atoms with Crippen LogP contribution in [0.5, 0.6) is 5.75 Å². The summed E-state index contributed by atoms with van der Waals surface area (Å²) in [6.45, 7) is 4.85. The topological polar surface area (TPSA) is 62.9 Å². The maximum atomic E-state index is 11.4. The van der Waals surface area contributed by atoms with Crippen LogP contribution in [0, 0.1) is 6.92 Å². The average molecular weight is 289 g/mol. The molecule has 2 aromatic rings. The van der Waals surface area contributed by atoms with E-state index in [-0.39, 0.29) is 11.7 Å². The van der Waals surface area contributed by atoms with E-state index in [1.165, 1.54) is 6.07 Å². The molecule has 1 aromatic carbocycles. The lowest BCUT2D eigenvalue weighted by Crippen LogP contribution is -2.27. The zero-order valence-corrected chi connectivity index (χ0v) is 12.0. The van der Waals surface area contributed by atoms with E-state index in [0.717, 1.165) is 37.0 Å². The molecular formula is C16H19NO4. The third-order valence-corrected chi connectivity index (χ3v) is 3.85. The number of aryl methyl sites for hydroxylation is 1. The first-order chi connectivity index (χ1) is 10.1. The minimum Gasteiger partial charge on any atom is -0.492 e. The third kappa shape index (κ3) is 3.25. The van der Waals surface area contributed by atoms with Gasteiger partial charge in [0, 0.05) is 37.2 Å². The van der Waals surface area contributed by atoms with Crippen LogP contribution in [0.1, 0.15) is 12.0 Å². The molecule has 0 unspecified atom stereocenters. The molecule has 5 heteroatoms. The smallest absolute Gasteiger partial charge is 0.336 e. The van der Waals surface area contributed by atoms with Crippen molar-refractivity contribution in [1.82, 2.24) is 4.90 Å². The Morgan fingerprint density at radius 3 is 3.05 bits per heavy atom. The van der Waals surface area contributed by atoms with E-state index < -0.39 is 0 Å². The highest BCUT2D eigenvalue weighted by atomic mass is 16.5. The van der Waals surface area contributed by atoms with Gasteiger partial charge in [0.05, 0.1) is 6.10 Å². The molecule has 0 amide bonds. The first kappa shape index (κ1) is 14.1. The van der Waals surface area contributed by atoms with Crippen LogP contribution >= 0.6 is 0 Å². The Morgan fingerprint density at radius 2 is 2.29 bits per heavy atom. The highest BCUT2D eigenvalue weighted by Gasteiger charge is 2.19. The monoisotopic (exact) mass is 289 g/mol. The van der Waals surface area contributed by atoms with Crippen molar-refractivity contribution in [3.05, 3.63) is 40.2 Å². The standard InChI is InChI=1S/C16H19NO4/c1-11-8-16(19)21-15-9-13(2-3-14(11)15)20-7-6-17-5-4-12(18)10-17/h2-3,8-9,12,18H,4-7,10H2,1H3/t12-/m0/s1. The Labute approximate surface area is 122 Å². The van der Waals surface area contributed by atoms with Crippen LogP contribution in [0.25, 0.3) is 11.0 Å². The number of hydrogen-bond acceptors (Lipinski definition) is 5. The summed E-state index contributed by atoms with van der Waals surface area (Å²) in [5.41, 5.74) is 1.11. The summed E-state index contributed by atoms with van der Waals surface area (Å²) >= 11 is 0. The Hall–Kier alpha value is -1.85. The largest absolute Gasteiger partial charge is 0.492 e. The molecule has 21 heavy (non-hydrogen) atoms. The van der Waals surface area contributed by atoms with Crippen molar-refractivity contribution in [2.24, 2.45) is 0 Å². The summed E-state index contributed by atoms with van der Waals surface area (Å²) in [5, 5.41) is 10.4. The van der Waals surface area contributed by atoms with E-state index in [1.54, 1.807) is 6.07 Å². The Balaban J connectivity index is 1.66. The Kier molecular flexibility index (Phi) is 3.94. The van der Waals surface area contributed by atoms with Gasteiger partial charge in [0.15, 0.2) is 0 Å². The van der Waals surface area contributed by atoms with Gasteiger partial charge in [-0.2, -0.15) is 0 Å². The molecule has 5 nitrogen and oxygen atoms in total. The molecule has 0 radical (unpaired) electrons. The van der Waals surface area contributed by atoms with Gasteiger partial charge in [-0.3, -0.25) is 4.90 Å². The van der Waals surface area contributed by atoms with Crippen LogP contribution in [-0.4, -0.2) is 42.4 Å². The lowest BCUT2D eigenvalue weighted by Gasteiger charge is -2.15. The fourth-order valence-corrected chi connectivity index (χ4v) is 2.70. The summed E-state index contributed by atoms with van der Waals surface area (Å²) in [6.07, 6.45) is 0.628. The van der Waals surface area contributed by atoms with Gasteiger partial charge in [-0.1, -0.05) is 0 Å². The van der Waals surface area contributed by atoms with Gasteiger partial charge < -0.3 is 14.3 Å². The molecule has 112 valence electrons. The van der Waals surface area contributed by atoms with Crippen LogP contribution in [0.4, 0.5) is 0 Å². The SMILES string of the molecule is Cc1cc(=O)oc2cc(OCCN3CC[C@H](O)C3)ccc12. The van der Waals surface area contributed by atoms with Crippen LogP contribution in [0.15, 0.2) is 33.5 Å². The molecule has 0 spiro atoms. The molecule has 2 heterocycles. The second-order valence-electron chi connectivity index (χ2n) is 5.50. The highest BCUT2D eigenvalue weighted by molar-refractivity contribution is 5.81. The van der Waals surface area contributed by atoms with Gasteiger partial charge in [-0.05, 0) is 31.0 Å². The maximum absolute atomic E-state index is 11.4. The number of nitrogens with zero attached hydrogens (tertiary/aromatic N) is 1. The Bertz CT molecular complexity index is 694. The summed E-state index contributed by atoms with van der Waals surface area (Å²) in [5.74, 6) is 0.691. The van der Waals surface area contributed by atoms with Crippen molar-refractivity contribution in [2.75, 3.05) is 26.2 Å². The van der Waals surface area contributed by atoms with E-state index in [2.05, 4.69) is 4.90 Å². The summed E-state index contributed by atoms with van der Waals surface area (Å²) in [6, 6.07) is 7.03. The van der Waals surface area contributed by atoms with Crippen molar-refractivity contribution >= 4 is 11.0 Å². The predicted octanol–water partition coefficient (Wildman–Crippen LogP) is 1.55. The van der Waals surface area contributed by atoms with Gasteiger partial charge in [-0.15, -0.1) is 0 Å². The van der Waals surface area contributed by atoms with E-state index in [0.29, 0.717) is 17.9 Å². The molecule has 1 atom stereocenters. The highest BCUT2D eigenvalue weighted by Crippen LogP contribution is 2.22. The van der Waals surface area contributed by atoms with Gasteiger partial charge >= 0.3 is 5.63 Å².